The molecule has 0 spiro atoms. The van der Waals surface area contributed by atoms with Crippen molar-refractivity contribution < 1.29 is 15.0 Å². The van der Waals surface area contributed by atoms with Gasteiger partial charge in [0.05, 0.1) is 24.8 Å². The Labute approximate surface area is 109 Å². The van der Waals surface area contributed by atoms with E-state index < -0.39 is 12.1 Å². The first kappa shape index (κ1) is 15.4. The van der Waals surface area contributed by atoms with E-state index in [0.717, 1.165) is 32.2 Å². The van der Waals surface area contributed by atoms with Crippen LogP contribution in [0.4, 0.5) is 0 Å². The molecule has 5 heteroatoms. The molecule has 1 aliphatic heterocycles. The molecule has 1 fully saturated rings. The van der Waals surface area contributed by atoms with E-state index in [0.29, 0.717) is 5.92 Å². The Hall–Kier alpha value is -0.650. The summed E-state index contributed by atoms with van der Waals surface area (Å²) in [6, 6.07) is -0.769. The van der Waals surface area contributed by atoms with Crippen molar-refractivity contribution in [2.75, 3.05) is 13.2 Å². The lowest BCUT2D eigenvalue weighted by Crippen LogP contribution is -2.54. The van der Waals surface area contributed by atoms with Crippen molar-refractivity contribution >= 4 is 5.91 Å². The van der Waals surface area contributed by atoms with Crippen LogP contribution in [-0.2, 0) is 4.79 Å². The van der Waals surface area contributed by atoms with Crippen LogP contribution in [0, 0.1) is 5.92 Å². The first-order valence-electron chi connectivity index (χ1n) is 6.91. The highest BCUT2D eigenvalue weighted by Crippen LogP contribution is 2.21. The van der Waals surface area contributed by atoms with Crippen LogP contribution in [0.3, 0.4) is 0 Å². The van der Waals surface area contributed by atoms with Crippen molar-refractivity contribution in [3.8, 4) is 0 Å². The minimum Gasteiger partial charge on any atom is -0.394 e. The first-order chi connectivity index (χ1) is 8.58. The minimum absolute atomic E-state index is 0.115. The molecule has 0 radical (unpaired) electrons. The van der Waals surface area contributed by atoms with Crippen LogP contribution in [-0.4, -0.2) is 47.5 Å². The van der Waals surface area contributed by atoms with Gasteiger partial charge in [-0.15, -0.1) is 0 Å². The third-order valence-electron chi connectivity index (χ3n) is 3.63. The second-order valence-electron chi connectivity index (χ2n) is 5.22. The number of amides is 1. The van der Waals surface area contributed by atoms with Gasteiger partial charge in [0.2, 0.25) is 5.91 Å². The van der Waals surface area contributed by atoms with E-state index in [2.05, 4.69) is 17.6 Å². The molecule has 5 nitrogen and oxygen atoms in total. The molecule has 0 aromatic carbocycles. The lowest BCUT2D eigenvalue weighted by atomic mass is 9.88. The fraction of sp³-hybridized carbons (Fsp3) is 0.923. The number of aliphatic hydroxyl groups excluding tert-OH is 2. The van der Waals surface area contributed by atoms with Crippen molar-refractivity contribution in [2.45, 2.75) is 57.7 Å². The lowest BCUT2D eigenvalue weighted by molar-refractivity contribution is -0.126. The van der Waals surface area contributed by atoms with Gasteiger partial charge in [0.25, 0.3) is 0 Å². The summed E-state index contributed by atoms with van der Waals surface area (Å²) >= 11 is 0. The molecule has 1 rings (SSSR count). The van der Waals surface area contributed by atoms with Gasteiger partial charge in [-0.1, -0.05) is 19.8 Å². The Morgan fingerprint density at radius 1 is 1.56 bits per heavy atom. The Morgan fingerprint density at radius 3 is 2.83 bits per heavy atom. The normalized spacial score (nSPS) is 27.6. The maximum Gasteiger partial charge on any atom is 0.237 e. The SMILES string of the molecule is CCCC1CCNC(C(=O)N[C@@H](CO)[C@H](C)O)C1. The molecule has 1 amide bonds. The van der Waals surface area contributed by atoms with E-state index in [-0.39, 0.29) is 18.6 Å². The Morgan fingerprint density at radius 2 is 2.28 bits per heavy atom. The zero-order chi connectivity index (χ0) is 13.5. The standard InChI is InChI=1S/C13H26N2O3/c1-3-4-10-5-6-14-11(7-10)13(18)15-12(8-16)9(2)17/h9-12,14,16-17H,3-8H2,1-2H3,(H,15,18)/t9-,10?,11?,12-/m0/s1. The number of hydrogen-bond donors (Lipinski definition) is 4. The van der Waals surface area contributed by atoms with Gasteiger partial charge in [-0.05, 0) is 32.2 Å². The molecule has 0 aliphatic carbocycles. The number of carbonyl (C=O) groups excluding carboxylic acids is 1. The molecule has 18 heavy (non-hydrogen) atoms. The zero-order valence-electron chi connectivity index (χ0n) is 11.4. The molecule has 1 saturated heterocycles. The summed E-state index contributed by atoms with van der Waals surface area (Å²) in [4.78, 5) is 12.0. The van der Waals surface area contributed by atoms with E-state index in [1.807, 2.05) is 0 Å². The topological polar surface area (TPSA) is 81.6 Å². The van der Waals surface area contributed by atoms with Gasteiger partial charge < -0.3 is 20.8 Å². The van der Waals surface area contributed by atoms with E-state index in [1.54, 1.807) is 6.92 Å². The van der Waals surface area contributed by atoms with Crippen molar-refractivity contribution in [1.29, 1.82) is 0 Å². The largest absolute Gasteiger partial charge is 0.394 e. The first-order valence-corrected chi connectivity index (χ1v) is 6.91. The van der Waals surface area contributed by atoms with E-state index in [1.165, 1.54) is 0 Å². The second-order valence-corrected chi connectivity index (χ2v) is 5.22. The van der Waals surface area contributed by atoms with Crippen molar-refractivity contribution in [3.63, 3.8) is 0 Å². The number of carbonyl (C=O) groups is 1. The van der Waals surface area contributed by atoms with Gasteiger partial charge in [0.1, 0.15) is 0 Å². The summed E-state index contributed by atoms with van der Waals surface area (Å²) in [5.74, 6) is 0.488. The highest BCUT2D eigenvalue weighted by Gasteiger charge is 2.28. The lowest BCUT2D eigenvalue weighted by Gasteiger charge is -2.31. The predicted octanol–water partition coefficient (Wildman–Crippen LogP) is 0.0126. The maximum atomic E-state index is 12.0. The van der Waals surface area contributed by atoms with Crippen LogP contribution in [0.25, 0.3) is 0 Å². The molecule has 106 valence electrons. The Kier molecular flexibility index (Phi) is 6.60. The smallest absolute Gasteiger partial charge is 0.237 e. The van der Waals surface area contributed by atoms with E-state index in [4.69, 9.17) is 5.11 Å². The van der Waals surface area contributed by atoms with Gasteiger partial charge in [0, 0.05) is 0 Å². The molecule has 4 N–H and O–H groups in total. The summed E-state index contributed by atoms with van der Waals surface area (Å²) in [7, 11) is 0. The van der Waals surface area contributed by atoms with E-state index in [9.17, 15) is 9.90 Å². The predicted molar refractivity (Wildman–Crippen MR) is 70.1 cm³/mol. The van der Waals surface area contributed by atoms with Gasteiger partial charge in [-0.25, -0.2) is 0 Å². The molecule has 4 atom stereocenters. The molecule has 0 aromatic rings. The number of aliphatic hydroxyl groups is 2. The molecule has 1 heterocycles. The Balaban J connectivity index is 2.45. The van der Waals surface area contributed by atoms with Crippen LogP contribution in [0.15, 0.2) is 0 Å². The van der Waals surface area contributed by atoms with Crippen LogP contribution < -0.4 is 10.6 Å². The van der Waals surface area contributed by atoms with Crippen molar-refractivity contribution in [1.82, 2.24) is 10.6 Å². The van der Waals surface area contributed by atoms with Gasteiger partial charge in [-0.2, -0.15) is 0 Å². The quantitative estimate of drug-likeness (QED) is 0.541. The minimum atomic E-state index is -0.742. The third-order valence-corrected chi connectivity index (χ3v) is 3.63. The highest BCUT2D eigenvalue weighted by molar-refractivity contribution is 5.82. The van der Waals surface area contributed by atoms with Gasteiger partial charge in [0.15, 0.2) is 0 Å². The molecule has 0 aromatic heterocycles. The molecular weight excluding hydrogens is 232 g/mol. The summed E-state index contributed by atoms with van der Waals surface area (Å²) in [5, 5.41) is 24.4. The summed E-state index contributed by atoms with van der Waals surface area (Å²) in [5.41, 5.74) is 0. The van der Waals surface area contributed by atoms with Crippen LogP contribution in [0.1, 0.15) is 39.5 Å². The number of hydrogen-bond acceptors (Lipinski definition) is 4. The van der Waals surface area contributed by atoms with Crippen molar-refractivity contribution in [2.24, 2.45) is 5.92 Å². The third kappa shape index (κ3) is 4.55. The highest BCUT2D eigenvalue weighted by atomic mass is 16.3. The fourth-order valence-corrected chi connectivity index (χ4v) is 2.47. The van der Waals surface area contributed by atoms with Gasteiger partial charge in [-0.3, -0.25) is 4.79 Å². The molecule has 0 bridgehead atoms. The van der Waals surface area contributed by atoms with E-state index >= 15 is 0 Å². The van der Waals surface area contributed by atoms with Crippen LogP contribution in [0.2, 0.25) is 0 Å². The summed E-state index contributed by atoms with van der Waals surface area (Å²) < 4.78 is 0. The summed E-state index contributed by atoms with van der Waals surface area (Å²) in [6.45, 7) is 4.34. The Bertz CT molecular complexity index is 257. The maximum absolute atomic E-state index is 12.0. The zero-order valence-corrected chi connectivity index (χ0v) is 11.4. The monoisotopic (exact) mass is 258 g/mol. The average Bonchev–Trinajstić information content (AvgIpc) is 2.36. The molecule has 0 saturated carbocycles. The molecule has 2 unspecified atom stereocenters. The number of rotatable bonds is 6. The number of piperidine rings is 1. The van der Waals surface area contributed by atoms with Crippen LogP contribution >= 0.6 is 0 Å². The summed E-state index contributed by atoms with van der Waals surface area (Å²) in [6.07, 6.45) is 3.53. The average molecular weight is 258 g/mol. The second kappa shape index (κ2) is 7.71. The van der Waals surface area contributed by atoms with Crippen LogP contribution in [0.5, 0.6) is 0 Å². The van der Waals surface area contributed by atoms with Gasteiger partial charge >= 0.3 is 0 Å². The number of nitrogens with one attached hydrogen (secondary N) is 2. The fourth-order valence-electron chi connectivity index (χ4n) is 2.47. The molecule has 1 aliphatic rings. The van der Waals surface area contributed by atoms with Crippen molar-refractivity contribution in [3.05, 3.63) is 0 Å². The molecular formula is C13H26N2O3.